The summed E-state index contributed by atoms with van der Waals surface area (Å²) in [6.07, 6.45) is 4.35. The number of rotatable bonds is 7. The normalized spacial score (nSPS) is 21.9. The fraction of sp³-hybridized carbons (Fsp3) is 0.765. The van der Waals surface area contributed by atoms with Gasteiger partial charge in [-0.15, -0.1) is 0 Å². The summed E-state index contributed by atoms with van der Waals surface area (Å²) >= 11 is 0. The maximum absolute atomic E-state index is 11.9. The van der Waals surface area contributed by atoms with Crippen molar-refractivity contribution < 1.29 is 9.53 Å². The number of morpholine rings is 1. The Morgan fingerprint density at radius 1 is 1.33 bits per heavy atom. The summed E-state index contributed by atoms with van der Waals surface area (Å²) in [6, 6.07) is 1.85. The third-order valence-electron chi connectivity index (χ3n) is 4.08. The summed E-state index contributed by atoms with van der Waals surface area (Å²) in [7, 11) is 0. The van der Waals surface area contributed by atoms with Crippen molar-refractivity contribution in [2.45, 2.75) is 58.8 Å². The van der Waals surface area contributed by atoms with Crippen LogP contribution in [-0.4, -0.2) is 59.1 Å². The number of unbranched alkanes of at least 4 members (excludes halogenated alkanes) is 1. The molecule has 7 heteroatoms. The Hall–Kier alpha value is -1.60. The topological polar surface area (TPSA) is 71.4 Å². The van der Waals surface area contributed by atoms with Gasteiger partial charge in [-0.3, -0.25) is 10.2 Å². The lowest BCUT2D eigenvalue weighted by molar-refractivity contribution is -0.0681. The monoisotopic (exact) mass is 337 g/mol. The molecule has 24 heavy (non-hydrogen) atoms. The van der Waals surface area contributed by atoms with Crippen molar-refractivity contribution in [1.82, 2.24) is 20.0 Å². The minimum atomic E-state index is -0.175. The van der Waals surface area contributed by atoms with Crippen molar-refractivity contribution in [2.75, 3.05) is 31.5 Å². The number of hydrogen-bond acceptors (Lipinski definition) is 4. The number of urea groups is 1. The number of aromatic nitrogens is 2. The van der Waals surface area contributed by atoms with E-state index in [-0.39, 0.29) is 12.1 Å². The SMILES string of the molecule is CC(C)n1nccc1NC(=O)NCCCCN1C[C@H](C)O[C@@H](C)C1. The van der Waals surface area contributed by atoms with Gasteiger partial charge in [0.25, 0.3) is 0 Å². The average molecular weight is 337 g/mol. The van der Waals surface area contributed by atoms with E-state index in [9.17, 15) is 4.79 Å². The standard InChI is InChI=1S/C17H31N5O2/c1-13(2)22-16(7-9-19-22)20-17(23)18-8-5-6-10-21-11-14(3)24-15(4)12-21/h7,9,13-15H,5-6,8,10-12H2,1-4H3,(H2,18,20,23)/t14-,15-/m0/s1. The maximum Gasteiger partial charge on any atom is 0.320 e. The molecule has 1 aliphatic rings. The molecule has 1 saturated heterocycles. The number of carbonyl (C=O) groups is 1. The molecule has 2 rings (SSSR count). The van der Waals surface area contributed by atoms with Crippen LogP contribution in [0.4, 0.5) is 10.6 Å². The van der Waals surface area contributed by atoms with Gasteiger partial charge in [0.2, 0.25) is 0 Å². The second-order valence-electron chi connectivity index (χ2n) is 6.86. The first-order valence-electron chi connectivity index (χ1n) is 8.92. The number of carbonyl (C=O) groups excluding carboxylic acids is 1. The second-order valence-corrected chi connectivity index (χ2v) is 6.86. The second kappa shape index (κ2) is 9.03. The smallest absolute Gasteiger partial charge is 0.320 e. The Morgan fingerprint density at radius 3 is 2.71 bits per heavy atom. The molecular weight excluding hydrogens is 306 g/mol. The van der Waals surface area contributed by atoms with Gasteiger partial charge < -0.3 is 10.1 Å². The van der Waals surface area contributed by atoms with Crippen molar-refractivity contribution in [2.24, 2.45) is 0 Å². The Bertz CT molecular complexity index is 507. The quantitative estimate of drug-likeness (QED) is 0.750. The maximum atomic E-state index is 11.9. The molecule has 0 saturated carbocycles. The van der Waals surface area contributed by atoms with Gasteiger partial charge in [0, 0.05) is 31.7 Å². The predicted molar refractivity (Wildman–Crippen MR) is 95.3 cm³/mol. The third kappa shape index (κ3) is 5.79. The zero-order valence-electron chi connectivity index (χ0n) is 15.3. The zero-order chi connectivity index (χ0) is 17.5. The van der Waals surface area contributed by atoms with Gasteiger partial charge in [-0.1, -0.05) is 0 Å². The number of hydrogen-bond donors (Lipinski definition) is 2. The van der Waals surface area contributed by atoms with Gasteiger partial charge in [0.15, 0.2) is 0 Å². The fourth-order valence-electron chi connectivity index (χ4n) is 3.11. The average Bonchev–Trinajstić information content (AvgIpc) is 2.94. The van der Waals surface area contributed by atoms with Crippen LogP contribution in [-0.2, 0) is 4.74 Å². The highest BCUT2D eigenvalue weighted by Crippen LogP contribution is 2.13. The summed E-state index contributed by atoms with van der Waals surface area (Å²) in [5.74, 6) is 0.721. The Morgan fingerprint density at radius 2 is 2.04 bits per heavy atom. The number of amides is 2. The van der Waals surface area contributed by atoms with Gasteiger partial charge in [-0.05, 0) is 47.1 Å². The van der Waals surface area contributed by atoms with E-state index >= 15 is 0 Å². The van der Waals surface area contributed by atoms with E-state index in [1.165, 1.54) is 0 Å². The van der Waals surface area contributed by atoms with Crippen molar-refractivity contribution in [3.8, 4) is 0 Å². The molecule has 1 fully saturated rings. The largest absolute Gasteiger partial charge is 0.373 e. The van der Waals surface area contributed by atoms with E-state index in [0.717, 1.165) is 38.3 Å². The molecule has 2 heterocycles. The van der Waals surface area contributed by atoms with Crippen molar-refractivity contribution in [3.05, 3.63) is 12.3 Å². The summed E-state index contributed by atoms with van der Waals surface area (Å²) in [6.45, 7) is 12.0. The first-order valence-corrected chi connectivity index (χ1v) is 8.92. The van der Waals surface area contributed by atoms with Crippen LogP contribution in [0, 0.1) is 0 Å². The molecular formula is C17H31N5O2. The van der Waals surface area contributed by atoms with Crippen molar-refractivity contribution >= 4 is 11.8 Å². The summed E-state index contributed by atoms with van der Waals surface area (Å²) in [5, 5.41) is 9.96. The predicted octanol–water partition coefficient (Wildman–Crippen LogP) is 2.47. The van der Waals surface area contributed by atoms with E-state index in [1.807, 2.05) is 13.8 Å². The Kier molecular flexibility index (Phi) is 7.05. The van der Waals surface area contributed by atoms with Crippen LogP contribution in [0.3, 0.4) is 0 Å². The molecule has 1 aromatic heterocycles. The lowest BCUT2D eigenvalue weighted by atomic mass is 10.2. The molecule has 0 radical (unpaired) electrons. The Labute approximate surface area is 144 Å². The summed E-state index contributed by atoms with van der Waals surface area (Å²) in [5.41, 5.74) is 0. The van der Waals surface area contributed by atoms with Crippen LogP contribution < -0.4 is 10.6 Å². The molecule has 0 unspecified atom stereocenters. The van der Waals surface area contributed by atoms with Crippen LogP contribution >= 0.6 is 0 Å². The highest BCUT2D eigenvalue weighted by Gasteiger charge is 2.21. The van der Waals surface area contributed by atoms with E-state index < -0.39 is 0 Å². The van der Waals surface area contributed by atoms with Gasteiger partial charge in [-0.2, -0.15) is 5.10 Å². The molecule has 0 aliphatic carbocycles. The third-order valence-corrected chi connectivity index (χ3v) is 4.08. The molecule has 0 bridgehead atoms. The molecule has 2 amide bonds. The van der Waals surface area contributed by atoms with Crippen LogP contribution in [0.2, 0.25) is 0 Å². The summed E-state index contributed by atoms with van der Waals surface area (Å²) in [4.78, 5) is 14.4. The van der Waals surface area contributed by atoms with Gasteiger partial charge in [0.1, 0.15) is 5.82 Å². The van der Waals surface area contributed by atoms with Gasteiger partial charge in [0.05, 0.1) is 18.4 Å². The van der Waals surface area contributed by atoms with Crippen LogP contribution in [0.1, 0.15) is 46.6 Å². The lowest BCUT2D eigenvalue weighted by Gasteiger charge is -2.35. The zero-order valence-corrected chi connectivity index (χ0v) is 15.3. The number of anilines is 1. The van der Waals surface area contributed by atoms with E-state index in [4.69, 9.17) is 4.74 Å². The number of nitrogens with one attached hydrogen (secondary N) is 2. The molecule has 0 aromatic carbocycles. The van der Waals surface area contributed by atoms with Crippen LogP contribution in [0.15, 0.2) is 12.3 Å². The van der Waals surface area contributed by atoms with E-state index in [1.54, 1.807) is 16.9 Å². The first kappa shape index (κ1) is 18.7. The number of ether oxygens (including phenoxy) is 1. The Balaban J connectivity index is 1.60. The highest BCUT2D eigenvalue weighted by atomic mass is 16.5. The highest BCUT2D eigenvalue weighted by molar-refractivity contribution is 5.88. The minimum Gasteiger partial charge on any atom is -0.373 e. The van der Waals surface area contributed by atoms with E-state index in [2.05, 4.69) is 34.5 Å². The molecule has 7 nitrogen and oxygen atoms in total. The molecule has 1 aliphatic heterocycles. The van der Waals surface area contributed by atoms with Gasteiger partial charge in [-0.25, -0.2) is 9.48 Å². The lowest BCUT2D eigenvalue weighted by Crippen LogP contribution is -2.45. The van der Waals surface area contributed by atoms with Gasteiger partial charge >= 0.3 is 6.03 Å². The summed E-state index contributed by atoms with van der Waals surface area (Å²) < 4.78 is 7.53. The molecule has 1 aromatic rings. The van der Waals surface area contributed by atoms with Crippen molar-refractivity contribution in [1.29, 1.82) is 0 Å². The van der Waals surface area contributed by atoms with Crippen LogP contribution in [0.25, 0.3) is 0 Å². The van der Waals surface area contributed by atoms with Crippen molar-refractivity contribution in [3.63, 3.8) is 0 Å². The van der Waals surface area contributed by atoms with Crippen LogP contribution in [0.5, 0.6) is 0 Å². The van der Waals surface area contributed by atoms with E-state index in [0.29, 0.717) is 18.8 Å². The molecule has 0 spiro atoms. The number of nitrogens with zero attached hydrogens (tertiary/aromatic N) is 3. The molecule has 136 valence electrons. The molecule has 2 atom stereocenters. The molecule has 2 N–H and O–H groups in total. The first-order chi connectivity index (χ1) is 11.5. The minimum absolute atomic E-state index is 0.175. The fourth-order valence-corrected chi connectivity index (χ4v) is 3.11.